The zero-order valence-corrected chi connectivity index (χ0v) is 65.0. The maximum absolute atomic E-state index is 15.8. The number of nitrogens with two attached hydrogens (primary N) is 5. The van der Waals surface area contributed by atoms with Crippen LogP contribution in [0.2, 0.25) is 0 Å². The van der Waals surface area contributed by atoms with Crippen LogP contribution in [0.15, 0.2) is 115 Å². The number of hydrogen-bond acceptors (Lipinski definition) is 20. The SMILES string of the molecule is CC(=O)N[C@H]1CCSC[C@@H](C(=O)N[C@@H](Cc2ccc3ccccc3c2)C(=O)N[C@@H](Cc2ccc3ccccc3c2)C(=O)N[C@@](C)(CCCCN)C(=O)N[C@@H](CCC(=O)O)C(=O)N[C@@H](CC(N)=O)C(=O)NCC(N)=O)NC(=O)[C@H](CCC(N)=O)NC(=O)[C@H](Cc2c[nH]c3ccccc23)NC(=O)[C@H]([C@@H](C)O)NC(=O)[C@H](CCC(N)=O)NC1=O. The smallest absolute Gasteiger partial charge is 0.303 e. The number of aromatic nitrogens is 1. The molecule has 0 aliphatic carbocycles. The lowest BCUT2D eigenvalue weighted by Crippen LogP contribution is -2.64. The normalized spacial score (nSPS) is 19.0. The Bertz CT molecular complexity index is 4640. The number of thioether (sulfide) groups is 1. The number of aliphatic hydroxyl groups excluding tert-OH is 1. The Kier molecular flexibility index (Phi) is 34.1. The molecule has 0 saturated carbocycles. The van der Waals surface area contributed by atoms with Gasteiger partial charge in [0.15, 0.2) is 0 Å². The first kappa shape index (κ1) is 90.6. The largest absolute Gasteiger partial charge is 0.481 e. The lowest BCUT2D eigenvalue weighted by atomic mass is 9.91. The molecular weight excluding hydrogens is 1530 g/mol. The van der Waals surface area contributed by atoms with Crippen molar-refractivity contribution in [1.29, 1.82) is 0 Å². The molecule has 0 spiro atoms. The number of carbonyl (C=O) groups excluding carboxylic acids is 16. The van der Waals surface area contributed by atoms with Gasteiger partial charge in [-0.3, -0.25) is 81.5 Å². The molecular formula is C78H100N18O19S. The van der Waals surface area contributed by atoms with Crippen LogP contribution >= 0.6 is 11.8 Å². The molecule has 1 aliphatic heterocycles. The molecule has 1 aliphatic rings. The highest BCUT2D eigenvalue weighted by Crippen LogP contribution is 2.24. The highest BCUT2D eigenvalue weighted by molar-refractivity contribution is 7.99. The minimum atomic E-state index is -2.08. The lowest BCUT2D eigenvalue weighted by molar-refractivity contribution is -0.140. The number of carbonyl (C=O) groups is 17. The maximum Gasteiger partial charge on any atom is 0.303 e. The van der Waals surface area contributed by atoms with Gasteiger partial charge in [-0.25, -0.2) is 0 Å². The van der Waals surface area contributed by atoms with Gasteiger partial charge in [-0.2, -0.15) is 11.8 Å². The Morgan fingerprint density at radius 3 is 1.69 bits per heavy atom. The predicted octanol–water partition coefficient (Wildman–Crippen LogP) is -3.24. The fourth-order valence-corrected chi connectivity index (χ4v) is 13.9. The molecule has 622 valence electrons. The molecule has 0 radical (unpaired) electrons. The summed E-state index contributed by atoms with van der Waals surface area (Å²) in [5.41, 5.74) is 27.5. The van der Waals surface area contributed by atoms with Gasteiger partial charge >= 0.3 is 5.97 Å². The molecule has 12 atom stereocenters. The second-order valence-electron chi connectivity index (χ2n) is 28.5. The van der Waals surface area contributed by atoms with Crippen molar-refractivity contribution >= 4 is 145 Å². The van der Waals surface area contributed by atoms with Crippen molar-refractivity contribution in [3.63, 3.8) is 0 Å². The fraction of sp³-hybridized carbons (Fsp3) is 0.423. The number of H-pyrrole nitrogens is 1. The summed E-state index contributed by atoms with van der Waals surface area (Å²) in [6.45, 7) is 2.90. The number of carboxylic acid groups (broad SMARTS) is 1. The standard InChI is InChI=1S/C78H100N18O19S/c1-41(97)66-76(114)92-58(36-49-38-84-51-17-9-8-16-50(49)51)73(111)88-52(22-25-61(80)99)68(106)93-60(40-116-31-28-55(86-42(2)98)70(108)87-53(71(109)95-66)23-26-62(81)100)74(112)89-56(34-43-18-20-45-12-4-6-14-47(45)32-43)72(110)90-57(35-44-19-21-46-13-5-7-15-48(46)33-44)75(113)96-78(3,29-10-11-30-79)77(115)94-54(24-27-65(103)104)69(107)91-59(37-63(82)101)67(105)85-39-64(83)102/h4-9,12-21,32-33,38,41,52-60,66,84,97H,10-11,22-31,34-37,39-40,79H2,1-3H3,(H2,80,99)(H2,81,100)(H2,82,101)(H2,83,102)(H,85,105)(H,86,98)(H,87,108)(H,88,111)(H,89,112)(H,90,110)(H,91,107)(H,92,114)(H,93,106)(H,94,115)(H,95,109)(H,96,113)(H,103,104)/t41-,52+,53+,54+,55+,56+,57+,58+,59+,60+,66+,78+/m1/s1. The maximum atomic E-state index is 15.8. The van der Waals surface area contributed by atoms with Crippen molar-refractivity contribution in [3.8, 4) is 0 Å². The van der Waals surface area contributed by atoms with Crippen LogP contribution in [0.25, 0.3) is 32.4 Å². The Morgan fingerprint density at radius 1 is 0.578 bits per heavy atom. The van der Waals surface area contributed by atoms with Crippen molar-refractivity contribution in [1.82, 2.24) is 68.8 Å². The van der Waals surface area contributed by atoms with E-state index in [-0.39, 0.29) is 57.2 Å². The molecule has 16 amide bonds. The number of carboxylic acids is 1. The average Bonchev–Trinajstić information content (AvgIpc) is 0.958. The Labute approximate surface area is 670 Å². The summed E-state index contributed by atoms with van der Waals surface area (Å²) in [6, 6.07) is 14.4. The third-order valence-electron chi connectivity index (χ3n) is 19.1. The number of rotatable bonds is 36. The molecule has 6 aromatic rings. The molecule has 37 nitrogen and oxygen atoms in total. The highest BCUT2D eigenvalue weighted by atomic mass is 32.2. The molecule has 2 heterocycles. The topological polar surface area (TPSA) is 621 Å². The van der Waals surface area contributed by atoms with E-state index in [4.69, 9.17) is 28.7 Å². The molecule has 1 aromatic heterocycles. The number of aliphatic hydroxyl groups is 1. The number of benzene rings is 5. The second kappa shape index (κ2) is 43.6. The van der Waals surface area contributed by atoms with Gasteiger partial charge in [0.05, 0.1) is 19.1 Å². The van der Waals surface area contributed by atoms with Gasteiger partial charge < -0.3 is 108 Å². The summed E-state index contributed by atoms with van der Waals surface area (Å²) in [4.78, 5) is 239. The van der Waals surface area contributed by atoms with E-state index in [9.17, 15) is 63.0 Å². The third kappa shape index (κ3) is 27.9. The van der Waals surface area contributed by atoms with Gasteiger partial charge in [-0.15, -0.1) is 0 Å². The van der Waals surface area contributed by atoms with Crippen molar-refractivity contribution in [3.05, 3.63) is 132 Å². The number of aromatic amines is 1. The zero-order chi connectivity index (χ0) is 84.9. The molecule has 38 heteroatoms. The molecule has 1 saturated heterocycles. The van der Waals surface area contributed by atoms with Crippen LogP contribution in [0.3, 0.4) is 0 Å². The summed E-state index contributed by atoms with van der Waals surface area (Å²) in [7, 11) is 0. The van der Waals surface area contributed by atoms with Gasteiger partial charge in [-0.1, -0.05) is 103 Å². The van der Waals surface area contributed by atoms with Crippen LogP contribution in [-0.2, 0) is 101 Å². The first-order valence-corrected chi connectivity index (χ1v) is 38.7. The number of amides is 16. The predicted molar refractivity (Wildman–Crippen MR) is 425 cm³/mol. The average molecular weight is 1630 g/mol. The van der Waals surface area contributed by atoms with E-state index >= 15 is 28.8 Å². The van der Waals surface area contributed by atoms with Gasteiger partial charge in [0.25, 0.3) is 0 Å². The van der Waals surface area contributed by atoms with Crippen LogP contribution in [0.5, 0.6) is 0 Å². The Morgan fingerprint density at radius 2 is 1.12 bits per heavy atom. The quantitative estimate of drug-likeness (QED) is 0.0172. The summed E-state index contributed by atoms with van der Waals surface area (Å²) in [5.74, 6) is -18.6. The van der Waals surface area contributed by atoms with E-state index in [2.05, 4.69) is 68.8 Å². The molecule has 0 unspecified atom stereocenters. The Hall–Kier alpha value is -12.6. The van der Waals surface area contributed by atoms with Crippen molar-refractivity contribution in [2.75, 3.05) is 24.6 Å². The van der Waals surface area contributed by atoms with E-state index in [1.807, 2.05) is 12.1 Å². The van der Waals surface area contributed by atoms with Gasteiger partial charge in [0, 0.05) is 68.3 Å². The number of primary amides is 4. The number of aliphatic carboxylic acids is 1. The number of unbranched alkanes of at least 4 members (excludes halogenated alkanes) is 1. The molecule has 1 fully saturated rings. The van der Waals surface area contributed by atoms with Crippen molar-refractivity contribution in [2.24, 2.45) is 28.7 Å². The molecule has 25 N–H and O–H groups in total. The van der Waals surface area contributed by atoms with Crippen LogP contribution in [0.1, 0.15) is 108 Å². The van der Waals surface area contributed by atoms with Crippen molar-refractivity contribution < 1.29 is 91.7 Å². The highest BCUT2D eigenvalue weighted by Gasteiger charge is 2.42. The Balaban J connectivity index is 1.31. The molecule has 0 bridgehead atoms. The number of hydrogen-bond donors (Lipinski definition) is 20. The minimum absolute atomic E-state index is 0.0954. The van der Waals surface area contributed by atoms with Crippen LogP contribution in [0, 0.1) is 0 Å². The summed E-state index contributed by atoms with van der Waals surface area (Å²) in [6.07, 6.45) is -5.53. The summed E-state index contributed by atoms with van der Waals surface area (Å²) < 4.78 is 0. The number of para-hydroxylation sites is 1. The fourth-order valence-electron chi connectivity index (χ4n) is 12.9. The van der Waals surface area contributed by atoms with Crippen LogP contribution in [0.4, 0.5) is 0 Å². The van der Waals surface area contributed by atoms with Gasteiger partial charge in [-0.05, 0) is 115 Å². The minimum Gasteiger partial charge on any atom is -0.481 e. The summed E-state index contributed by atoms with van der Waals surface area (Å²) in [5, 5.41) is 54.9. The summed E-state index contributed by atoms with van der Waals surface area (Å²) >= 11 is 0.930. The second-order valence-corrected chi connectivity index (χ2v) is 29.6. The zero-order valence-electron chi connectivity index (χ0n) is 64.2. The van der Waals surface area contributed by atoms with Crippen molar-refractivity contribution in [2.45, 2.75) is 183 Å². The lowest BCUT2D eigenvalue weighted by Gasteiger charge is -2.34. The van der Waals surface area contributed by atoms with E-state index in [0.29, 0.717) is 38.4 Å². The van der Waals surface area contributed by atoms with Crippen LogP contribution < -0.4 is 92.5 Å². The van der Waals surface area contributed by atoms with Crippen LogP contribution in [-0.4, -0.2) is 212 Å². The van der Waals surface area contributed by atoms with E-state index in [0.717, 1.165) is 36.4 Å². The molecule has 5 aromatic carbocycles. The molecule has 116 heavy (non-hydrogen) atoms. The van der Waals surface area contributed by atoms with Gasteiger partial charge in [0.2, 0.25) is 94.5 Å². The number of nitrogens with one attached hydrogen (secondary N) is 13. The first-order chi connectivity index (χ1) is 55.1. The van der Waals surface area contributed by atoms with E-state index in [1.165, 1.54) is 6.92 Å². The monoisotopic (exact) mass is 1620 g/mol. The number of fused-ring (bicyclic) bond motifs is 3. The van der Waals surface area contributed by atoms with E-state index < -0.39 is 230 Å². The third-order valence-corrected chi connectivity index (χ3v) is 20.2. The first-order valence-electron chi connectivity index (χ1n) is 37.5. The van der Waals surface area contributed by atoms with E-state index in [1.54, 1.807) is 103 Å². The molecule has 7 rings (SSSR count). The van der Waals surface area contributed by atoms with Gasteiger partial charge in [0.1, 0.15) is 66.0 Å².